The molecule has 0 fully saturated rings. The molecule has 5 nitrogen and oxygen atoms in total. The minimum absolute atomic E-state index is 0.175. The van der Waals surface area contributed by atoms with Gasteiger partial charge in [-0.15, -0.1) is 11.8 Å². The van der Waals surface area contributed by atoms with Crippen LogP contribution in [-0.4, -0.2) is 24.4 Å². The Morgan fingerprint density at radius 3 is 2.43 bits per heavy atom. The molecule has 0 aromatic heterocycles. The molecule has 118 valence electrons. The Hall–Kier alpha value is -2.31. The van der Waals surface area contributed by atoms with Gasteiger partial charge in [0.1, 0.15) is 12.6 Å². The van der Waals surface area contributed by atoms with Gasteiger partial charge in [0.05, 0.1) is 10.9 Å². The molecule has 2 aromatic carbocycles. The Morgan fingerprint density at radius 2 is 1.74 bits per heavy atom. The molecule has 0 unspecified atom stereocenters. The quantitative estimate of drug-likeness (QED) is 0.897. The van der Waals surface area contributed by atoms with E-state index in [2.05, 4.69) is 0 Å². The Bertz CT molecular complexity index is 736. The molecule has 4 N–H and O–H groups in total. The number of carbonyl (C=O) groups is 2. The van der Waals surface area contributed by atoms with E-state index in [0.717, 1.165) is 10.5 Å². The average Bonchev–Trinajstić information content (AvgIpc) is 2.66. The van der Waals surface area contributed by atoms with Crippen LogP contribution < -0.4 is 16.4 Å². The molecule has 2 atom stereocenters. The second-order valence-corrected chi connectivity index (χ2v) is 6.52. The van der Waals surface area contributed by atoms with Crippen LogP contribution in [0.5, 0.6) is 0 Å². The highest BCUT2D eigenvalue weighted by Crippen LogP contribution is 2.44. The normalized spacial score (nSPS) is 20.7. The molecule has 1 heterocycles. The highest BCUT2D eigenvalue weighted by atomic mass is 32.2. The topological polar surface area (TPSA) is 89.4 Å². The molecule has 23 heavy (non-hydrogen) atoms. The van der Waals surface area contributed by atoms with Gasteiger partial charge in [-0.05, 0) is 17.7 Å². The van der Waals surface area contributed by atoms with Crippen LogP contribution in [0.3, 0.4) is 0 Å². The van der Waals surface area contributed by atoms with E-state index < -0.39 is 11.9 Å². The zero-order valence-corrected chi connectivity index (χ0v) is 13.2. The molecule has 1 aliphatic rings. The van der Waals surface area contributed by atoms with Crippen molar-refractivity contribution >= 4 is 29.3 Å². The second kappa shape index (κ2) is 6.44. The van der Waals surface area contributed by atoms with Gasteiger partial charge in [-0.2, -0.15) is 0 Å². The Morgan fingerprint density at radius 1 is 1.09 bits per heavy atom. The third-order valence-corrected chi connectivity index (χ3v) is 5.15. The predicted octanol–water partition coefficient (Wildman–Crippen LogP) is 1.68. The van der Waals surface area contributed by atoms with Crippen molar-refractivity contribution in [1.29, 1.82) is 0 Å². The summed E-state index contributed by atoms with van der Waals surface area (Å²) in [4.78, 5) is 26.5. The maximum atomic E-state index is 12.8. The second-order valence-electron chi connectivity index (χ2n) is 5.33. The van der Waals surface area contributed by atoms with Crippen LogP contribution in [0.2, 0.25) is 0 Å². The molecule has 0 spiro atoms. The Balaban J connectivity index is 2.07. The monoisotopic (exact) mass is 327 g/mol. The molecular weight excluding hydrogens is 310 g/mol. The number of carbonyl (C=O) groups excluding carboxylic acids is 2. The molecule has 2 amide bonds. The van der Waals surface area contributed by atoms with Crippen LogP contribution in [0.25, 0.3) is 0 Å². The van der Waals surface area contributed by atoms with Gasteiger partial charge in [0, 0.05) is 4.90 Å². The fraction of sp³-hybridized carbons (Fsp3) is 0.176. The number of fused-ring (bicyclic) bond motifs is 1. The first kappa shape index (κ1) is 15.6. The summed E-state index contributed by atoms with van der Waals surface area (Å²) in [5.74, 6) is -0.862. The molecule has 6 heteroatoms. The SMILES string of the molecule is NC(=O)CN1C(=O)[C@H](N)[C@@H](c2ccccc2)Sc2ccccc21. The molecule has 0 bridgehead atoms. The minimum Gasteiger partial charge on any atom is -0.368 e. The fourth-order valence-corrected chi connectivity index (χ4v) is 3.94. The highest BCUT2D eigenvalue weighted by molar-refractivity contribution is 7.99. The lowest BCUT2D eigenvalue weighted by atomic mass is 10.0. The summed E-state index contributed by atoms with van der Waals surface area (Å²) in [6.07, 6.45) is 0. The summed E-state index contributed by atoms with van der Waals surface area (Å²) < 4.78 is 0. The average molecular weight is 327 g/mol. The van der Waals surface area contributed by atoms with E-state index in [0.29, 0.717) is 5.69 Å². The third-order valence-electron chi connectivity index (χ3n) is 3.73. The number of nitrogens with two attached hydrogens (primary N) is 2. The number of hydrogen-bond acceptors (Lipinski definition) is 4. The Kier molecular flexibility index (Phi) is 4.36. The number of hydrogen-bond donors (Lipinski definition) is 2. The number of thioether (sulfide) groups is 1. The van der Waals surface area contributed by atoms with Crippen molar-refractivity contribution < 1.29 is 9.59 Å². The van der Waals surface area contributed by atoms with Crippen LogP contribution >= 0.6 is 11.8 Å². The molecule has 1 aliphatic heterocycles. The van der Waals surface area contributed by atoms with Crippen LogP contribution in [0.15, 0.2) is 59.5 Å². The fourth-order valence-electron chi connectivity index (χ4n) is 2.66. The standard InChI is InChI=1S/C17H17N3O2S/c18-14(21)10-20-12-8-4-5-9-13(12)23-16(15(19)17(20)22)11-6-2-1-3-7-11/h1-9,15-16H,10,19H2,(H2,18,21)/t15-,16-/m1/s1. The van der Waals surface area contributed by atoms with Crippen molar-refractivity contribution in [2.45, 2.75) is 16.2 Å². The maximum absolute atomic E-state index is 12.8. The van der Waals surface area contributed by atoms with Gasteiger partial charge in [0.25, 0.3) is 0 Å². The van der Waals surface area contributed by atoms with Crippen LogP contribution in [-0.2, 0) is 9.59 Å². The van der Waals surface area contributed by atoms with Crippen molar-refractivity contribution in [2.75, 3.05) is 11.4 Å². The summed E-state index contributed by atoms with van der Waals surface area (Å²) in [5.41, 5.74) is 13.2. The lowest BCUT2D eigenvalue weighted by Gasteiger charge is -2.24. The summed E-state index contributed by atoms with van der Waals surface area (Å²) in [6.45, 7) is -0.175. The largest absolute Gasteiger partial charge is 0.368 e. The molecule has 0 aliphatic carbocycles. The number of para-hydroxylation sites is 1. The number of anilines is 1. The maximum Gasteiger partial charge on any atom is 0.245 e. The first-order valence-corrected chi connectivity index (χ1v) is 8.12. The van der Waals surface area contributed by atoms with Gasteiger partial charge in [0.15, 0.2) is 0 Å². The smallest absolute Gasteiger partial charge is 0.245 e. The van der Waals surface area contributed by atoms with E-state index in [1.807, 2.05) is 54.6 Å². The summed E-state index contributed by atoms with van der Waals surface area (Å²) in [5, 5.41) is -0.220. The van der Waals surface area contributed by atoms with E-state index in [9.17, 15) is 9.59 Å². The number of nitrogens with zero attached hydrogens (tertiary/aromatic N) is 1. The molecule has 2 aromatic rings. The van der Waals surface area contributed by atoms with E-state index in [1.54, 1.807) is 0 Å². The van der Waals surface area contributed by atoms with Gasteiger partial charge in [0.2, 0.25) is 11.8 Å². The highest BCUT2D eigenvalue weighted by Gasteiger charge is 2.36. The number of primary amides is 1. The molecule has 0 saturated heterocycles. The minimum atomic E-state index is -0.755. The van der Waals surface area contributed by atoms with Crippen molar-refractivity contribution in [2.24, 2.45) is 11.5 Å². The van der Waals surface area contributed by atoms with E-state index >= 15 is 0 Å². The summed E-state index contributed by atoms with van der Waals surface area (Å²) in [6, 6.07) is 16.4. The zero-order chi connectivity index (χ0) is 16.4. The van der Waals surface area contributed by atoms with Crippen LogP contribution in [0, 0.1) is 0 Å². The van der Waals surface area contributed by atoms with E-state index in [-0.39, 0.29) is 17.7 Å². The number of rotatable bonds is 3. The zero-order valence-electron chi connectivity index (χ0n) is 12.4. The lowest BCUT2D eigenvalue weighted by molar-refractivity contribution is -0.123. The van der Waals surface area contributed by atoms with Crippen LogP contribution in [0.1, 0.15) is 10.8 Å². The molecule has 0 saturated carbocycles. The number of benzene rings is 2. The predicted molar refractivity (Wildman–Crippen MR) is 91.0 cm³/mol. The van der Waals surface area contributed by atoms with Gasteiger partial charge in [-0.25, -0.2) is 0 Å². The van der Waals surface area contributed by atoms with Gasteiger partial charge < -0.3 is 16.4 Å². The van der Waals surface area contributed by atoms with Crippen molar-refractivity contribution in [1.82, 2.24) is 0 Å². The summed E-state index contributed by atoms with van der Waals surface area (Å²) in [7, 11) is 0. The number of amides is 2. The van der Waals surface area contributed by atoms with Gasteiger partial charge >= 0.3 is 0 Å². The first-order chi connectivity index (χ1) is 11.1. The lowest BCUT2D eigenvalue weighted by Crippen LogP contribution is -2.48. The van der Waals surface area contributed by atoms with Gasteiger partial charge in [-0.1, -0.05) is 42.5 Å². The van der Waals surface area contributed by atoms with Gasteiger partial charge in [-0.3, -0.25) is 9.59 Å². The molecular formula is C17H17N3O2S. The van der Waals surface area contributed by atoms with Crippen molar-refractivity contribution in [3.8, 4) is 0 Å². The van der Waals surface area contributed by atoms with E-state index in [1.165, 1.54) is 16.7 Å². The van der Waals surface area contributed by atoms with E-state index in [4.69, 9.17) is 11.5 Å². The third kappa shape index (κ3) is 3.09. The van der Waals surface area contributed by atoms with Crippen LogP contribution in [0.4, 0.5) is 5.69 Å². The molecule has 0 radical (unpaired) electrons. The Labute approximate surface area is 138 Å². The first-order valence-electron chi connectivity index (χ1n) is 7.24. The van der Waals surface area contributed by atoms with Crippen molar-refractivity contribution in [3.05, 3.63) is 60.2 Å². The summed E-state index contributed by atoms with van der Waals surface area (Å²) >= 11 is 1.53. The van der Waals surface area contributed by atoms with Crippen molar-refractivity contribution in [3.63, 3.8) is 0 Å². The molecule has 3 rings (SSSR count).